The van der Waals surface area contributed by atoms with Crippen molar-refractivity contribution in [2.45, 2.75) is 39.2 Å². The highest BCUT2D eigenvalue weighted by atomic mass is 35.5. The molecule has 0 saturated heterocycles. The number of benzene rings is 1. The van der Waals surface area contributed by atoms with Gasteiger partial charge in [0.15, 0.2) is 0 Å². The zero-order chi connectivity index (χ0) is 12.0. The molecule has 1 saturated carbocycles. The van der Waals surface area contributed by atoms with Gasteiger partial charge in [0.25, 0.3) is 0 Å². The summed E-state index contributed by atoms with van der Waals surface area (Å²) >= 11 is 6.19. The molecule has 0 radical (unpaired) electrons. The van der Waals surface area contributed by atoms with Crippen LogP contribution in [0.2, 0.25) is 5.02 Å². The quantitative estimate of drug-likeness (QED) is 0.785. The van der Waals surface area contributed by atoms with Gasteiger partial charge in [-0.2, -0.15) is 0 Å². The van der Waals surface area contributed by atoms with Crippen LogP contribution in [0.3, 0.4) is 0 Å². The van der Waals surface area contributed by atoms with Crippen LogP contribution in [0.5, 0.6) is 0 Å². The van der Waals surface area contributed by atoms with Gasteiger partial charge in [0.2, 0.25) is 0 Å². The Balaban J connectivity index is 2.44. The highest BCUT2D eigenvalue weighted by Crippen LogP contribution is 2.53. The average Bonchev–Trinajstić information content (AvgIpc) is 2.36. The molecule has 0 spiro atoms. The summed E-state index contributed by atoms with van der Waals surface area (Å²) in [6.07, 6.45) is 1.82. The Bertz CT molecular complexity index is 399. The van der Waals surface area contributed by atoms with Gasteiger partial charge in [0, 0.05) is 10.6 Å². The van der Waals surface area contributed by atoms with Crippen LogP contribution in [0, 0.1) is 11.3 Å². The lowest BCUT2D eigenvalue weighted by atomic mass is 9.83. The Labute approximate surface area is 102 Å². The second kappa shape index (κ2) is 3.75. The van der Waals surface area contributed by atoms with Gasteiger partial charge < -0.3 is 5.11 Å². The predicted molar refractivity (Wildman–Crippen MR) is 67.5 cm³/mol. The SMILES string of the molecule is CC1CC(C)(C)CC1(O)c1ccccc1Cl. The smallest absolute Gasteiger partial charge is 0.0941 e. The number of halogens is 1. The Kier molecular flexibility index (Phi) is 2.80. The van der Waals surface area contributed by atoms with E-state index in [0.29, 0.717) is 5.02 Å². The Morgan fingerprint density at radius 2 is 1.94 bits per heavy atom. The van der Waals surface area contributed by atoms with Crippen molar-refractivity contribution in [3.05, 3.63) is 34.9 Å². The van der Waals surface area contributed by atoms with Crippen LogP contribution >= 0.6 is 11.6 Å². The normalized spacial score (nSPS) is 32.9. The van der Waals surface area contributed by atoms with E-state index in [4.69, 9.17) is 11.6 Å². The van der Waals surface area contributed by atoms with Crippen LogP contribution in [-0.4, -0.2) is 5.11 Å². The van der Waals surface area contributed by atoms with E-state index in [0.717, 1.165) is 18.4 Å². The van der Waals surface area contributed by atoms with Crippen molar-refractivity contribution >= 4 is 11.6 Å². The van der Waals surface area contributed by atoms with Crippen LogP contribution in [0.25, 0.3) is 0 Å². The predicted octanol–water partition coefficient (Wildman–Crippen LogP) is 3.98. The van der Waals surface area contributed by atoms with Crippen molar-refractivity contribution in [1.82, 2.24) is 0 Å². The zero-order valence-electron chi connectivity index (χ0n) is 10.1. The number of rotatable bonds is 1. The number of aliphatic hydroxyl groups is 1. The third kappa shape index (κ3) is 1.87. The molecule has 88 valence electrons. The van der Waals surface area contributed by atoms with Crippen LogP contribution in [0.4, 0.5) is 0 Å². The molecule has 0 amide bonds. The van der Waals surface area contributed by atoms with Gasteiger partial charge in [-0.3, -0.25) is 0 Å². The van der Waals surface area contributed by atoms with Crippen LogP contribution in [0.15, 0.2) is 24.3 Å². The first-order valence-electron chi connectivity index (χ1n) is 5.82. The molecule has 1 nitrogen and oxygen atoms in total. The Morgan fingerprint density at radius 1 is 1.31 bits per heavy atom. The molecule has 0 aromatic heterocycles. The van der Waals surface area contributed by atoms with Crippen LogP contribution < -0.4 is 0 Å². The van der Waals surface area contributed by atoms with E-state index in [1.165, 1.54) is 0 Å². The third-order valence-corrected chi connectivity index (χ3v) is 4.09. The molecule has 2 heteroatoms. The summed E-state index contributed by atoms with van der Waals surface area (Å²) in [7, 11) is 0. The van der Waals surface area contributed by atoms with Crippen LogP contribution in [0.1, 0.15) is 39.2 Å². The van der Waals surface area contributed by atoms with Gasteiger partial charge in [-0.25, -0.2) is 0 Å². The fourth-order valence-corrected chi connectivity index (χ4v) is 3.45. The molecule has 0 heterocycles. The maximum atomic E-state index is 10.9. The molecule has 1 aliphatic rings. The molecule has 1 aromatic carbocycles. The maximum Gasteiger partial charge on any atom is 0.0941 e. The van der Waals surface area contributed by atoms with E-state index >= 15 is 0 Å². The second-order valence-corrected chi connectivity index (χ2v) is 6.26. The Morgan fingerprint density at radius 3 is 2.44 bits per heavy atom. The van der Waals surface area contributed by atoms with Gasteiger partial charge in [0.05, 0.1) is 5.60 Å². The molecule has 1 aliphatic carbocycles. The van der Waals surface area contributed by atoms with Crippen LogP contribution in [-0.2, 0) is 5.60 Å². The largest absolute Gasteiger partial charge is 0.385 e. The first kappa shape index (κ1) is 11.9. The highest BCUT2D eigenvalue weighted by Gasteiger charge is 2.49. The van der Waals surface area contributed by atoms with E-state index in [-0.39, 0.29) is 11.3 Å². The summed E-state index contributed by atoms with van der Waals surface area (Å²) in [5.41, 5.74) is 0.310. The minimum atomic E-state index is -0.762. The molecule has 0 bridgehead atoms. The Hall–Kier alpha value is -0.530. The molecule has 2 atom stereocenters. The summed E-state index contributed by atoms with van der Waals surface area (Å²) in [6, 6.07) is 7.64. The summed E-state index contributed by atoms with van der Waals surface area (Å²) in [5.74, 6) is 0.252. The first-order valence-corrected chi connectivity index (χ1v) is 6.20. The minimum Gasteiger partial charge on any atom is -0.385 e. The van der Waals surface area contributed by atoms with Gasteiger partial charge in [0.1, 0.15) is 0 Å². The summed E-state index contributed by atoms with van der Waals surface area (Å²) in [6.45, 7) is 6.52. The van der Waals surface area contributed by atoms with E-state index in [9.17, 15) is 5.11 Å². The second-order valence-electron chi connectivity index (χ2n) is 5.85. The maximum absolute atomic E-state index is 10.9. The van der Waals surface area contributed by atoms with Crippen molar-refractivity contribution in [3.63, 3.8) is 0 Å². The number of hydrogen-bond acceptors (Lipinski definition) is 1. The zero-order valence-corrected chi connectivity index (χ0v) is 10.9. The van der Waals surface area contributed by atoms with E-state index < -0.39 is 5.60 Å². The molecule has 0 aliphatic heterocycles. The van der Waals surface area contributed by atoms with Gasteiger partial charge in [-0.1, -0.05) is 50.6 Å². The van der Waals surface area contributed by atoms with E-state index in [1.54, 1.807) is 0 Å². The topological polar surface area (TPSA) is 20.2 Å². The molecule has 16 heavy (non-hydrogen) atoms. The van der Waals surface area contributed by atoms with Crippen molar-refractivity contribution in [2.24, 2.45) is 11.3 Å². The van der Waals surface area contributed by atoms with Crippen molar-refractivity contribution in [2.75, 3.05) is 0 Å². The fraction of sp³-hybridized carbons (Fsp3) is 0.571. The fourth-order valence-electron chi connectivity index (χ4n) is 3.15. The third-order valence-electron chi connectivity index (χ3n) is 3.76. The monoisotopic (exact) mass is 238 g/mol. The molecule has 1 N–H and O–H groups in total. The molecule has 1 aromatic rings. The van der Waals surface area contributed by atoms with E-state index in [1.807, 2.05) is 24.3 Å². The van der Waals surface area contributed by atoms with Gasteiger partial charge in [-0.05, 0) is 30.2 Å². The highest BCUT2D eigenvalue weighted by molar-refractivity contribution is 6.31. The van der Waals surface area contributed by atoms with Crippen molar-refractivity contribution in [3.8, 4) is 0 Å². The lowest BCUT2D eigenvalue weighted by Gasteiger charge is -2.30. The molecule has 2 unspecified atom stereocenters. The van der Waals surface area contributed by atoms with Crippen molar-refractivity contribution in [1.29, 1.82) is 0 Å². The standard InChI is InChI=1S/C14H19ClO/c1-10-8-13(2,3)9-14(10,16)11-6-4-5-7-12(11)15/h4-7,10,16H,8-9H2,1-3H3. The summed E-state index contributed by atoms with van der Waals surface area (Å²) < 4.78 is 0. The lowest BCUT2D eigenvalue weighted by Crippen LogP contribution is -2.29. The van der Waals surface area contributed by atoms with Crippen molar-refractivity contribution < 1.29 is 5.11 Å². The molecule has 1 fully saturated rings. The molecular weight excluding hydrogens is 220 g/mol. The van der Waals surface area contributed by atoms with Gasteiger partial charge >= 0.3 is 0 Å². The lowest BCUT2D eigenvalue weighted by molar-refractivity contribution is -0.000735. The number of hydrogen-bond donors (Lipinski definition) is 1. The summed E-state index contributed by atoms with van der Waals surface area (Å²) in [4.78, 5) is 0. The minimum absolute atomic E-state index is 0.188. The molecular formula is C14H19ClO. The van der Waals surface area contributed by atoms with Gasteiger partial charge in [-0.15, -0.1) is 0 Å². The molecule has 2 rings (SSSR count). The van der Waals surface area contributed by atoms with E-state index in [2.05, 4.69) is 20.8 Å². The summed E-state index contributed by atoms with van der Waals surface area (Å²) in [5, 5.41) is 11.5. The average molecular weight is 239 g/mol. The first-order chi connectivity index (χ1) is 7.35.